The molecule has 0 heterocycles. The smallest absolute Gasteiger partial charge is 0.123 e. The fourth-order valence-electron chi connectivity index (χ4n) is 2.45. The van der Waals surface area contributed by atoms with Gasteiger partial charge in [-0.05, 0) is 48.8 Å². The summed E-state index contributed by atoms with van der Waals surface area (Å²) in [5.41, 5.74) is 1.10. The van der Waals surface area contributed by atoms with Crippen LogP contribution < -0.4 is 0 Å². The van der Waals surface area contributed by atoms with Gasteiger partial charge in [0, 0.05) is 5.38 Å². The van der Waals surface area contributed by atoms with Crippen LogP contribution in [0.25, 0.3) is 0 Å². The van der Waals surface area contributed by atoms with Gasteiger partial charge in [-0.1, -0.05) is 19.1 Å². The summed E-state index contributed by atoms with van der Waals surface area (Å²) in [6.07, 6.45) is 3.23. The van der Waals surface area contributed by atoms with Crippen molar-refractivity contribution in [1.29, 1.82) is 0 Å². The van der Waals surface area contributed by atoms with Crippen molar-refractivity contribution in [2.75, 3.05) is 0 Å². The zero-order chi connectivity index (χ0) is 10.8. The molecule has 1 aliphatic carbocycles. The van der Waals surface area contributed by atoms with Gasteiger partial charge in [-0.25, -0.2) is 4.39 Å². The monoisotopic (exact) mass is 226 g/mol. The van der Waals surface area contributed by atoms with Gasteiger partial charge in [0.1, 0.15) is 5.82 Å². The zero-order valence-corrected chi connectivity index (χ0v) is 9.67. The van der Waals surface area contributed by atoms with Crippen LogP contribution in [-0.2, 0) is 6.42 Å². The third kappa shape index (κ3) is 2.52. The maximum absolute atomic E-state index is 13.0. The minimum atomic E-state index is -0.138. The van der Waals surface area contributed by atoms with E-state index in [4.69, 9.17) is 11.6 Å². The molecular weight excluding hydrogens is 211 g/mol. The molecule has 0 N–H and O–H groups in total. The molecule has 0 aromatic heterocycles. The van der Waals surface area contributed by atoms with Gasteiger partial charge in [-0.15, -0.1) is 11.6 Å². The molecule has 0 saturated heterocycles. The SMILES string of the molecule is CC1C(Cl)CCC1Cc1cccc(F)c1. The first kappa shape index (κ1) is 10.9. The number of rotatable bonds is 2. The number of halogens is 2. The van der Waals surface area contributed by atoms with Crippen molar-refractivity contribution in [1.82, 2.24) is 0 Å². The number of alkyl halides is 1. The van der Waals surface area contributed by atoms with Gasteiger partial charge in [0.15, 0.2) is 0 Å². The highest BCUT2D eigenvalue weighted by Crippen LogP contribution is 2.37. The topological polar surface area (TPSA) is 0 Å². The van der Waals surface area contributed by atoms with Gasteiger partial charge in [-0.3, -0.25) is 0 Å². The third-order valence-electron chi connectivity index (χ3n) is 3.51. The molecule has 1 aromatic rings. The zero-order valence-electron chi connectivity index (χ0n) is 8.92. The van der Waals surface area contributed by atoms with Crippen LogP contribution in [0.4, 0.5) is 4.39 Å². The van der Waals surface area contributed by atoms with E-state index in [1.54, 1.807) is 12.1 Å². The minimum absolute atomic E-state index is 0.138. The average Bonchev–Trinajstić information content (AvgIpc) is 2.50. The maximum Gasteiger partial charge on any atom is 0.123 e. The lowest BCUT2D eigenvalue weighted by atomic mass is 9.91. The predicted octanol–water partition coefficient (Wildman–Crippen LogP) is 4.02. The Morgan fingerprint density at radius 1 is 1.40 bits per heavy atom. The molecule has 0 radical (unpaired) electrons. The molecule has 82 valence electrons. The summed E-state index contributed by atoms with van der Waals surface area (Å²) in [4.78, 5) is 0. The lowest BCUT2D eigenvalue weighted by Crippen LogP contribution is -2.13. The summed E-state index contributed by atoms with van der Waals surface area (Å²) >= 11 is 6.18. The normalized spacial score (nSPS) is 30.7. The van der Waals surface area contributed by atoms with Crippen LogP contribution >= 0.6 is 11.6 Å². The molecule has 0 bridgehead atoms. The van der Waals surface area contributed by atoms with E-state index in [9.17, 15) is 4.39 Å². The van der Waals surface area contributed by atoms with Crippen molar-refractivity contribution in [3.05, 3.63) is 35.6 Å². The van der Waals surface area contributed by atoms with E-state index < -0.39 is 0 Å². The van der Waals surface area contributed by atoms with Gasteiger partial charge in [0.05, 0.1) is 0 Å². The Morgan fingerprint density at radius 2 is 2.20 bits per heavy atom. The number of hydrogen-bond donors (Lipinski definition) is 0. The Labute approximate surface area is 95.4 Å². The summed E-state index contributed by atoms with van der Waals surface area (Å²) in [5.74, 6) is 1.03. The molecule has 15 heavy (non-hydrogen) atoms. The van der Waals surface area contributed by atoms with E-state index in [-0.39, 0.29) is 5.82 Å². The van der Waals surface area contributed by atoms with Crippen molar-refractivity contribution in [2.45, 2.75) is 31.6 Å². The van der Waals surface area contributed by atoms with Gasteiger partial charge < -0.3 is 0 Å². The quantitative estimate of drug-likeness (QED) is 0.669. The van der Waals surface area contributed by atoms with Crippen LogP contribution in [0.5, 0.6) is 0 Å². The Morgan fingerprint density at radius 3 is 2.80 bits per heavy atom. The predicted molar refractivity (Wildman–Crippen MR) is 61.6 cm³/mol. The second-order valence-corrected chi connectivity index (χ2v) is 5.11. The molecule has 3 atom stereocenters. The molecule has 1 fully saturated rings. The van der Waals surface area contributed by atoms with Crippen LogP contribution in [0.3, 0.4) is 0 Å². The minimum Gasteiger partial charge on any atom is -0.207 e. The molecule has 0 amide bonds. The van der Waals surface area contributed by atoms with Crippen LogP contribution in [0.1, 0.15) is 25.3 Å². The molecule has 1 aromatic carbocycles. The van der Waals surface area contributed by atoms with E-state index in [1.165, 1.54) is 12.5 Å². The van der Waals surface area contributed by atoms with Crippen molar-refractivity contribution >= 4 is 11.6 Å². The fraction of sp³-hybridized carbons (Fsp3) is 0.538. The molecule has 0 spiro atoms. The van der Waals surface area contributed by atoms with Crippen molar-refractivity contribution in [2.24, 2.45) is 11.8 Å². The maximum atomic E-state index is 13.0. The van der Waals surface area contributed by atoms with E-state index in [2.05, 4.69) is 6.92 Å². The third-order valence-corrected chi connectivity index (χ3v) is 4.13. The Kier molecular flexibility index (Phi) is 3.30. The summed E-state index contributed by atoms with van der Waals surface area (Å²) in [7, 11) is 0. The van der Waals surface area contributed by atoms with E-state index >= 15 is 0 Å². The molecule has 1 saturated carbocycles. The Hall–Kier alpha value is -0.560. The van der Waals surface area contributed by atoms with Crippen LogP contribution in [-0.4, -0.2) is 5.38 Å². The summed E-state index contributed by atoms with van der Waals surface area (Å²) in [6.45, 7) is 2.20. The highest BCUT2D eigenvalue weighted by molar-refractivity contribution is 6.20. The second-order valence-electron chi connectivity index (χ2n) is 4.55. The summed E-state index contributed by atoms with van der Waals surface area (Å²) in [6, 6.07) is 6.90. The molecule has 2 heteroatoms. The fourth-order valence-corrected chi connectivity index (χ4v) is 2.78. The van der Waals surface area contributed by atoms with E-state index in [0.717, 1.165) is 18.4 Å². The summed E-state index contributed by atoms with van der Waals surface area (Å²) in [5, 5.41) is 0.309. The van der Waals surface area contributed by atoms with E-state index in [1.807, 2.05) is 6.07 Å². The Balaban J connectivity index is 2.03. The van der Waals surface area contributed by atoms with Crippen LogP contribution in [0.2, 0.25) is 0 Å². The van der Waals surface area contributed by atoms with Crippen molar-refractivity contribution in [3.63, 3.8) is 0 Å². The van der Waals surface area contributed by atoms with Gasteiger partial charge in [0.25, 0.3) is 0 Å². The highest BCUT2D eigenvalue weighted by Gasteiger charge is 2.31. The Bertz CT molecular complexity index is 337. The first-order chi connectivity index (χ1) is 7.16. The molecule has 0 nitrogen and oxygen atoms in total. The van der Waals surface area contributed by atoms with Crippen LogP contribution in [0, 0.1) is 17.7 Å². The molecular formula is C13H16ClF. The first-order valence-corrected chi connectivity index (χ1v) is 5.99. The lowest BCUT2D eigenvalue weighted by Gasteiger charge is -2.16. The standard InChI is InChI=1S/C13H16ClF/c1-9-11(5-6-13(9)14)7-10-3-2-4-12(15)8-10/h2-4,8-9,11,13H,5-7H2,1H3. The largest absolute Gasteiger partial charge is 0.207 e. The van der Waals surface area contributed by atoms with Gasteiger partial charge >= 0.3 is 0 Å². The first-order valence-electron chi connectivity index (χ1n) is 5.55. The second kappa shape index (κ2) is 4.52. The molecule has 1 aliphatic rings. The molecule has 3 unspecified atom stereocenters. The lowest BCUT2D eigenvalue weighted by molar-refractivity contribution is 0.419. The number of benzene rings is 1. The van der Waals surface area contributed by atoms with Gasteiger partial charge in [-0.2, -0.15) is 0 Å². The van der Waals surface area contributed by atoms with Crippen LogP contribution in [0.15, 0.2) is 24.3 Å². The average molecular weight is 227 g/mol. The summed E-state index contributed by atoms with van der Waals surface area (Å²) < 4.78 is 13.0. The van der Waals surface area contributed by atoms with Gasteiger partial charge in [0.2, 0.25) is 0 Å². The van der Waals surface area contributed by atoms with Crippen molar-refractivity contribution in [3.8, 4) is 0 Å². The molecule has 2 rings (SSSR count). The molecule has 0 aliphatic heterocycles. The van der Waals surface area contributed by atoms with E-state index in [0.29, 0.717) is 17.2 Å². The highest BCUT2D eigenvalue weighted by atomic mass is 35.5. The number of hydrogen-bond acceptors (Lipinski definition) is 0. The van der Waals surface area contributed by atoms with Crippen molar-refractivity contribution < 1.29 is 4.39 Å².